The van der Waals surface area contributed by atoms with Gasteiger partial charge in [0.05, 0.1) is 33.7 Å². The van der Waals surface area contributed by atoms with Gasteiger partial charge in [-0.15, -0.1) is 11.3 Å². The molecule has 3 aromatic heterocycles. The molecule has 0 radical (unpaired) electrons. The van der Waals surface area contributed by atoms with Gasteiger partial charge in [-0.2, -0.15) is 5.26 Å². The summed E-state index contributed by atoms with van der Waals surface area (Å²) in [7, 11) is 0. The highest BCUT2D eigenvalue weighted by atomic mass is 35.5. The first-order chi connectivity index (χ1) is 15.5. The quantitative estimate of drug-likeness (QED) is 0.452. The van der Waals surface area contributed by atoms with E-state index < -0.39 is 17.8 Å². The molecule has 3 amide bonds. The Kier molecular flexibility index (Phi) is 4.66. The SMILES string of the molecule is N#Cc1ccc(NC(=O)c2sc3ncnc4c3c2NC(=O)N4c2ccc(F)c(Cl)c2)cn1. The minimum absolute atomic E-state index is 0.146. The fourth-order valence-corrected chi connectivity index (χ4v) is 4.37. The summed E-state index contributed by atoms with van der Waals surface area (Å²) in [4.78, 5) is 40.2. The van der Waals surface area contributed by atoms with E-state index in [1.165, 1.54) is 35.6 Å². The molecule has 1 aromatic carbocycles. The van der Waals surface area contributed by atoms with Crippen LogP contribution in [0, 0.1) is 17.1 Å². The topological polar surface area (TPSA) is 124 Å². The van der Waals surface area contributed by atoms with E-state index in [-0.39, 0.29) is 27.1 Å². The normalized spacial score (nSPS) is 12.4. The molecule has 1 aliphatic heterocycles. The number of aromatic nitrogens is 3. The van der Waals surface area contributed by atoms with Crippen molar-refractivity contribution in [2.45, 2.75) is 0 Å². The van der Waals surface area contributed by atoms with Gasteiger partial charge in [-0.1, -0.05) is 11.6 Å². The summed E-state index contributed by atoms with van der Waals surface area (Å²) < 4.78 is 13.6. The van der Waals surface area contributed by atoms with Gasteiger partial charge in [-0.3, -0.25) is 4.79 Å². The Hall–Kier alpha value is -4.14. The van der Waals surface area contributed by atoms with Crippen LogP contribution in [0.3, 0.4) is 0 Å². The van der Waals surface area contributed by atoms with Crippen LogP contribution in [0.5, 0.6) is 0 Å². The number of nitrogens with zero attached hydrogens (tertiary/aromatic N) is 5. The molecule has 4 heterocycles. The molecule has 0 unspecified atom stereocenters. The molecule has 4 aromatic rings. The zero-order chi connectivity index (χ0) is 22.4. The van der Waals surface area contributed by atoms with Crippen molar-refractivity contribution < 1.29 is 14.0 Å². The Morgan fingerprint density at radius 3 is 2.81 bits per heavy atom. The second kappa shape index (κ2) is 7.52. The molecule has 9 nitrogen and oxygen atoms in total. The predicted octanol–water partition coefficient (Wildman–Crippen LogP) is 4.69. The summed E-state index contributed by atoms with van der Waals surface area (Å²) in [6, 6.07) is 8.19. The maximum Gasteiger partial charge on any atom is 0.332 e. The molecule has 0 aliphatic carbocycles. The summed E-state index contributed by atoms with van der Waals surface area (Å²) in [6.45, 7) is 0. The van der Waals surface area contributed by atoms with Crippen molar-refractivity contribution >= 4 is 68.0 Å². The van der Waals surface area contributed by atoms with Crippen LogP contribution < -0.4 is 15.5 Å². The van der Waals surface area contributed by atoms with E-state index in [9.17, 15) is 14.0 Å². The van der Waals surface area contributed by atoms with Crippen LogP contribution >= 0.6 is 22.9 Å². The van der Waals surface area contributed by atoms with E-state index in [0.717, 1.165) is 17.4 Å². The van der Waals surface area contributed by atoms with Gasteiger partial charge in [0.2, 0.25) is 0 Å². The minimum atomic E-state index is -0.617. The number of thiophene rings is 1. The fourth-order valence-electron chi connectivity index (χ4n) is 3.21. The summed E-state index contributed by atoms with van der Waals surface area (Å²) in [5.74, 6) is -0.862. The number of carbonyl (C=O) groups excluding carboxylic acids is 2. The molecule has 0 spiro atoms. The Labute approximate surface area is 188 Å². The van der Waals surface area contributed by atoms with Crippen LogP contribution in [0.2, 0.25) is 5.02 Å². The van der Waals surface area contributed by atoms with E-state index >= 15 is 0 Å². The number of rotatable bonds is 3. The average molecular weight is 466 g/mol. The third-order valence-corrected chi connectivity index (χ3v) is 6.00. The molecule has 12 heteroatoms. The van der Waals surface area contributed by atoms with Crippen molar-refractivity contribution in [1.82, 2.24) is 15.0 Å². The lowest BCUT2D eigenvalue weighted by atomic mass is 10.2. The Bertz CT molecular complexity index is 1470. The molecule has 0 saturated carbocycles. The molecule has 0 atom stereocenters. The van der Waals surface area contributed by atoms with Crippen LogP contribution in [0.25, 0.3) is 10.2 Å². The van der Waals surface area contributed by atoms with E-state index in [2.05, 4.69) is 25.6 Å². The number of urea groups is 1. The fraction of sp³-hybridized carbons (Fsp3) is 0. The van der Waals surface area contributed by atoms with Gasteiger partial charge in [0.25, 0.3) is 5.91 Å². The minimum Gasteiger partial charge on any atom is -0.320 e. The molecule has 0 bridgehead atoms. The molecular formula is C20H9ClFN7O2S. The first-order valence-electron chi connectivity index (χ1n) is 8.97. The van der Waals surface area contributed by atoms with Crippen LogP contribution in [0.4, 0.5) is 32.1 Å². The average Bonchev–Trinajstić information content (AvgIpc) is 3.16. The van der Waals surface area contributed by atoms with Gasteiger partial charge < -0.3 is 10.6 Å². The Balaban J connectivity index is 1.57. The first-order valence-corrected chi connectivity index (χ1v) is 10.2. The van der Waals surface area contributed by atoms with Crippen molar-refractivity contribution in [2.24, 2.45) is 0 Å². The number of anilines is 4. The number of hydrogen-bond donors (Lipinski definition) is 2. The van der Waals surface area contributed by atoms with Crippen molar-refractivity contribution in [3.05, 3.63) is 64.3 Å². The smallest absolute Gasteiger partial charge is 0.320 e. The molecule has 2 N–H and O–H groups in total. The zero-order valence-corrected chi connectivity index (χ0v) is 17.3. The van der Waals surface area contributed by atoms with Crippen molar-refractivity contribution in [2.75, 3.05) is 15.5 Å². The monoisotopic (exact) mass is 465 g/mol. The van der Waals surface area contributed by atoms with Crippen molar-refractivity contribution in [1.29, 1.82) is 5.26 Å². The van der Waals surface area contributed by atoms with Gasteiger partial charge in [0, 0.05) is 0 Å². The van der Waals surface area contributed by atoms with Crippen molar-refractivity contribution in [3.8, 4) is 6.07 Å². The number of hydrogen-bond acceptors (Lipinski definition) is 7. The third kappa shape index (κ3) is 3.18. The lowest BCUT2D eigenvalue weighted by molar-refractivity contribution is 0.103. The maximum atomic E-state index is 13.6. The highest BCUT2D eigenvalue weighted by Gasteiger charge is 2.34. The highest BCUT2D eigenvalue weighted by Crippen LogP contribution is 2.45. The predicted molar refractivity (Wildman–Crippen MR) is 117 cm³/mol. The number of nitrogens with one attached hydrogen (secondary N) is 2. The van der Waals surface area contributed by atoms with E-state index in [1.54, 1.807) is 6.07 Å². The lowest BCUT2D eigenvalue weighted by Crippen LogP contribution is -2.35. The number of pyridine rings is 1. The van der Waals surface area contributed by atoms with E-state index in [4.69, 9.17) is 16.9 Å². The van der Waals surface area contributed by atoms with Crippen LogP contribution in [-0.2, 0) is 0 Å². The largest absolute Gasteiger partial charge is 0.332 e. The second-order valence-corrected chi connectivity index (χ2v) is 7.95. The summed E-state index contributed by atoms with van der Waals surface area (Å²) in [6.07, 6.45) is 2.64. The van der Waals surface area contributed by atoms with Gasteiger partial charge in [-0.05, 0) is 30.3 Å². The van der Waals surface area contributed by atoms with Crippen LogP contribution in [0.1, 0.15) is 15.4 Å². The molecule has 0 fully saturated rings. The lowest BCUT2D eigenvalue weighted by Gasteiger charge is -2.27. The van der Waals surface area contributed by atoms with E-state index in [1.807, 2.05) is 6.07 Å². The molecule has 1 aliphatic rings. The third-order valence-electron chi connectivity index (χ3n) is 4.62. The van der Waals surface area contributed by atoms with Gasteiger partial charge in [0.15, 0.2) is 5.82 Å². The van der Waals surface area contributed by atoms with Crippen LogP contribution in [0.15, 0.2) is 42.9 Å². The summed E-state index contributed by atoms with van der Waals surface area (Å²) >= 11 is 6.96. The molecule has 156 valence electrons. The van der Waals surface area contributed by atoms with Gasteiger partial charge >= 0.3 is 6.03 Å². The molecule has 5 rings (SSSR count). The number of amides is 3. The standard InChI is InChI=1S/C20H9ClFN7O2S/c21-12-5-11(3-4-13(12)22)29-17-14-15(28-20(29)31)16(32-19(14)26-8-25-17)18(30)27-10-2-1-9(6-23)24-7-10/h1-5,7-8H,(H,27,30)(H,28,31). The zero-order valence-electron chi connectivity index (χ0n) is 15.8. The first kappa shape index (κ1) is 19.8. The Morgan fingerprint density at radius 2 is 2.09 bits per heavy atom. The van der Waals surface area contributed by atoms with Gasteiger partial charge in [-0.25, -0.2) is 29.0 Å². The van der Waals surface area contributed by atoms with Gasteiger partial charge in [0.1, 0.15) is 33.6 Å². The molecular weight excluding hydrogens is 457 g/mol. The second-order valence-electron chi connectivity index (χ2n) is 6.55. The van der Waals surface area contributed by atoms with Crippen molar-refractivity contribution in [3.63, 3.8) is 0 Å². The molecule has 32 heavy (non-hydrogen) atoms. The number of nitriles is 1. The number of halogens is 2. The summed E-state index contributed by atoms with van der Waals surface area (Å²) in [5.41, 5.74) is 1.18. The number of carbonyl (C=O) groups is 2. The maximum absolute atomic E-state index is 13.6. The highest BCUT2D eigenvalue weighted by molar-refractivity contribution is 7.21. The summed E-state index contributed by atoms with van der Waals surface area (Å²) in [5, 5.41) is 14.6. The molecule has 0 saturated heterocycles. The Morgan fingerprint density at radius 1 is 1.25 bits per heavy atom. The number of benzene rings is 1. The van der Waals surface area contributed by atoms with Crippen LogP contribution in [-0.4, -0.2) is 26.9 Å². The van der Waals surface area contributed by atoms with E-state index in [0.29, 0.717) is 21.6 Å².